The lowest BCUT2D eigenvalue weighted by Crippen LogP contribution is -2.34. The molecule has 0 bridgehead atoms. The first-order chi connectivity index (χ1) is 6.16. The molecule has 1 heterocycles. The second kappa shape index (κ2) is 4.07. The van der Waals surface area contributed by atoms with E-state index in [0.29, 0.717) is 5.56 Å². The van der Waals surface area contributed by atoms with Crippen LogP contribution < -0.4 is 11.2 Å². The molecule has 0 aromatic carbocycles. The van der Waals surface area contributed by atoms with Crippen molar-refractivity contribution in [2.45, 2.75) is 26.2 Å². The summed E-state index contributed by atoms with van der Waals surface area (Å²) in [6.07, 6.45) is 4.27. The van der Waals surface area contributed by atoms with Crippen molar-refractivity contribution in [1.82, 2.24) is 9.55 Å². The second-order valence-corrected chi connectivity index (χ2v) is 3.09. The van der Waals surface area contributed by atoms with Gasteiger partial charge >= 0.3 is 5.69 Å². The van der Waals surface area contributed by atoms with Crippen LogP contribution in [-0.2, 0) is 13.5 Å². The third-order valence-corrected chi connectivity index (χ3v) is 2.05. The standard InChI is InChI=1S/C9H14N2O2/c1-3-4-5-7-6-10-9(13)11(2)8(7)12/h6H,3-5H2,1-2H3,(H,10,13). The zero-order valence-corrected chi connectivity index (χ0v) is 7.96. The van der Waals surface area contributed by atoms with Crippen LogP contribution in [-0.4, -0.2) is 9.55 Å². The lowest BCUT2D eigenvalue weighted by Gasteiger charge is -2.00. The molecule has 4 nitrogen and oxygen atoms in total. The second-order valence-electron chi connectivity index (χ2n) is 3.09. The minimum atomic E-state index is -0.356. The average molecular weight is 182 g/mol. The molecule has 1 N–H and O–H groups in total. The van der Waals surface area contributed by atoms with Gasteiger partial charge in [0.2, 0.25) is 0 Å². The Labute approximate surface area is 76.2 Å². The molecule has 0 spiro atoms. The predicted molar refractivity (Wildman–Crippen MR) is 50.9 cm³/mol. The molecule has 0 saturated heterocycles. The molecule has 0 saturated carbocycles. The van der Waals surface area contributed by atoms with Crippen molar-refractivity contribution in [2.75, 3.05) is 0 Å². The first-order valence-corrected chi connectivity index (χ1v) is 4.44. The van der Waals surface area contributed by atoms with Crippen LogP contribution in [0.25, 0.3) is 0 Å². The molecule has 1 aromatic rings. The van der Waals surface area contributed by atoms with Gasteiger partial charge in [-0.2, -0.15) is 0 Å². The van der Waals surface area contributed by atoms with Crippen LogP contribution in [0, 0.1) is 0 Å². The Morgan fingerprint density at radius 1 is 1.46 bits per heavy atom. The fourth-order valence-corrected chi connectivity index (χ4v) is 1.16. The quantitative estimate of drug-likeness (QED) is 0.736. The molecule has 0 atom stereocenters. The van der Waals surface area contributed by atoms with Crippen molar-refractivity contribution in [3.63, 3.8) is 0 Å². The minimum absolute atomic E-state index is 0.183. The Balaban J connectivity index is 3.05. The highest BCUT2D eigenvalue weighted by atomic mass is 16.2. The smallest absolute Gasteiger partial charge is 0.314 e. The first-order valence-electron chi connectivity index (χ1n) is 4.44. The molecule has 0 aliphatic carbocycles. The molecular weight excluding hydrogens is 168 g/mol. The fraction of sp³-hybridized carbons (Fsp3) is 0.556. The average Bonchev–Trinajstić information content (AvgIpc) is 2.13. The van der Waals surface area contributed by atoms with Crippen LogP contribution in [0.2, 0.25) is 0 Å². The topological polar surface area (TPSA) is 54.9 Å². The van der Waals surface area contributed by atoms with Crippen LogP contribution in [0.4, 0.5) is 0 Å². The normalized spacial score (nSPS) is 10.3. The van der Waals surface area contributed by atoms with Crippen molar-refractivity contribution < 1.29 is 0 Å². The van der Waals surface area contributed by atoms with Gasteiger partial charge in [0, 0.05) is 18.8 Å². The van der Waals surface area contributed by atoms with Crippen LogP contribution in [0.3, 0.4) is 0 Å². The third-order valence-electron chi connectivity index (χ3n) is 2.05. The highest BCUT2D eigenvalue weighted by molar-refractivity contribution is 5.04. The molecule has 4 heteroatoms. The number of aryl methyl sites for hydroxylation is 1. The fourth-order valence-electron chi connectivity index (χ4n) is 1.16. The lowest BCUT2D eigenvalue weighted by atomic mass is 10.1. The van der Waals surface area contributed by atoms with E-state index in [9.17, 15) is 9.59 Å². The summed E-state index contributed by atoms with van der Waals surface area (Å²) in [6.45, 7) is 2.07. The largest absolute Gasteiger partial charge is 0.328 e. The number of nitrogens with one attached hydrogen (secondary N) is 1. The summed E-state index contributed by atoms with van der Waals surface area (Å²) in [5.41, 5.74) is 0.145. The van der Waals surface area contributed by atoms with Crippen molar-refractivity contribution in [2.24, 2.45) is 7.05 Å². The Morgan fingerprint density at radius 3 is 2.77 bits per heavy atom. The van der Waals surface area contributed by atoms with E-state index in [-0.39, 0.29) is 11.2 Å². The Kier molecular flexibility index (Phi) is 3.06. The van der Waals surface area contributed by atoms with Gasteiger partial charge in [-0.05, 0) is 12.8 Å². The third kappa shape index (κ3) is 2.08. The summed E-state index contributed by atoms with van der Waals surface area (Å²) >= 11 is 0. The van der Waals surface area contributed by atoms with Crippen molar-refractivity contribution in [3.05, 3.63) is 32.6 Å². The molecule has 0 aliphatic heterocycles. The Morgan fingerprint density at radius 2 is 2.15 bits per heavy atom. The summed E-state index contributed by atoms with van der Waals surface area (Å²) in [5.74, 6) is 0. The van der Waals surface area contributed by atoms with E-state index in [0.717, 1.165) is 23.8 Å². The van der Waals surface area contributed by atoms with Gasteiger partial charge in [0.25, 0.3) is 5.56 Å². The van der Waals surface area contributed by atoms with E-state index in [1.807, 2.05) is 0 Å². The number of aromatic amines is 1. The molecule has 0 fully saturated rings. The first kappa shape index (κ1) is 9.77. The molecule has 0 amide bonds. The van der Waals surface area contributed by atoms with Crippen LogP contribution in [0.5, 0.6) is 0 Å². The Bertz CT molecular complexity index is 389. The van der Waals surface area contributed by atoms with E-state index in [1.54, 1.807) is 0 Å². The molecule has 0 aliphatic rings. The van der Waals surface area contributed by atoms with E-state index < -0.39 is 0 Å². The van der Waals surface area contributed by atoms with Gasteiger partial charge in [-0.1, -0.05) is 13.3 Å². The summed E-state index contributed by atoms with van der Waals surface area (Å²) in [7, 11) is 1.48. The maximum absolute atomic E-state index is 11.4. The summed E-state index contributed by atoms with van der Waals surface area (Å²) < 4.78 is 1.10. The van der Waals surface area contributed by atoms with E-state index in [4.69, 9.17) is 0 Å². The SMILES string of the molecule is CCCCc1c[nH]c(=O)n(C)c1=O. The lowest BCUT2D eigenvalue weighted by molar-refractivity contribution is 0.722. The summed E-state index contributed by atoms with van der Waals surface area (Å²) in [5, 5.41) is 0. The number of nitrogens with zero attached hydrogens (tertiary/aromatic N) is 1. The van der Waals surface area contributed by atoms with Crippen molar-refractivity contribution >= 4 is 0 Å². The Hall–Kier alpha value is -1.32. The number of aromatic nitrogens is 2. The van der Waals surface area contributed by atoms with Gasteiger partial charge in [0.05, 0.1) is 0 Å². The molecule has 72 valence electrons. The zero-order valence-electron chi connectivity index (χ0n) is 7.96. The van der Waals surface area contributed by atoms with E-state index >= 15 is 0 Å². The molecule has 0 radical (unpaired) electrons. The molecular formula is C9H14N2O2. The number of hydrogen-bond donors (Lipinski definition) is 1. The number of H-pyrrole nitrogens is 1. The number of unbranched alkanes of at least 4 members (excludes halogenated alkanes) is 1. The van der Waals surface area contributed by atoms with Gasteiger partial charge in [0.15, 0.2) is 0 Å². The monoisotopic (exact) mass is 182 g/mol. The summed E-state index contributed by atoms with van der Waals surface area (Å²) in [4.78, 5) is 24.9. The van der Waals surface area contributed by atoms with Gasteiger partial charge in [-0.25, -0.2) is 4.79 Å². The van der Waals surface area contributed by atoms with Gasteiger partial charge in [-0.15, -0.1) is 0 Å². The van der Waals surface area contributed by atoms with Gasteiger partial charge in [-0.3, -0.25) is 9.36 Å². The molecule has 13 heavy (non-hydrogen) atoms. The van der Waals surface area contributed by atoms with Crippen LogP contribution >= 0.6 is 0 Å². The van der Waals surface area contributed by atoms with Crippen molar-refractivity contribution in [3.8, 4) is 0 Å². The number of hydrogen-bond acceptors (Lipinski definition) is 2. The zero-order chi connectivity index (χ0) is 9.84. The van der Waals surface area contributed by atoms with Gasteiger partial charge in [0.1, 0.15) is 0 Å². The highest BCUT2D eigenvalue weighted by Crippen LogP contribution is 1.95. The van der Waals surface area contributed by atoms with Crippen LogP contribution in [0.1, 0.15) is 25.3 Å². The summed E-state index contributed by atoms with van der Waals surface area (Å²) in [6, 6.07) is 0. The highest BCUT2D eigenvalue weighted by Gasteiger charge is 2.02. The molecule has 1 rings (SSSR count). The molecule has 0 unspecified atom stereocenters. The molecule has 1 aromatic heterocycles. The van der Waals surface area contributed by atoms with E-state index in [1.165, 1.54) is 13.2 Å². The van der Waals surface area contributed by atoms with Crippen molar-refractivity contribution in [1.29, 1.82) is 0 Å². The maximum Gasteiger partial charge on any atom is 0.328 e. The number of rotatable bonds is 3. The minimum Gasteiger partial charge on any atom is -0.314 e. The predicted octanol–water partition coefficient (Wildman–Crippen LogP) is 0.416. The maximum atomic E-state index is 11.4. The van der Waals surface area contributed by atoms with E-state index in [2.05, 4.69) is 11.9 Å². The van der Waals surface area contributed by atoms with Gasteiger partial charge < -0.3 is 4.98 Å². The van der Waals surface area contributed by atoms with Crippen LogP contribution in [0.15, 0.2) is 15.8 Å².